The fraction of sp³-hybridized carbons (Fsp3) is 0.308. The molecule has 0 saturated heterocycles. The normalized spacial score (nSPS) is 11.2. The monoisotopic (exact) mass is 267 g/mol. The minimum Gasteiger partial charge on any atom is -0.466 e. The number of allylic oxidation sites excluding steroid dienone is 1. The summed E-state index contributed by atoms with van der Waals surface area (Å²) in [7, 11) is 0. The Balaban J connectivity index is 2.64. The second kappa shape index (κ2) is 7.25. The predicted molar refractivity (Wildman–Crippen MR) is 67.2 cm³/mol. The summed E-state index contributed by atoms with van der Waals surface area (Å²) in [4.78, 5) is 20.9. The van der Waals surface area contributed by atoms with Crippen LogP contribution in [0.2, 0.25) is 0 Å². The Hall–Kier alpha value is -2.24. The standard InChI is InChI=1S/C13H14FNO4/c1-10(16)19-8-2-3-13(15(17)18)9-11-4-6-12(14)7-5-11/h4-7,9H,2-3,8H2,1H3/b13-9-. The Morgan fingerprint density at radius 2 is 2.05 bits per heavy atom. The van der Waals surface area contributed by atoms with Crippen LogP contribution < -0.4 is 0 Å². The molecule has 0 N–H and O–H groups in total. The van der Waals surface area contributed by atoms with Crippen molar-refractivity contribution in [2.24, 2.45) is 0 Å². The number of hydrogen-bond acceptors (Lipinski definition) is 4. The molecule has 0 fully saturated rings. The highest BCUT2D eigenvalue weighted by atomic mass is 19.1. The Labute approximate surface area is 109 Å². The summed E-state index contributed by atoms with van der Waals surface area (Å²) in [5, 5.41) is 10.9. The second-order valence-corrected chi connectivity index (χ2v) is 3.89. The van der Waals surface area contributed by atoms with Crippen LogP contribution in [0.3, 0.4) is 0 Å². The molecule has 1 rings (SSSR count). The molecule has 19 heavy (non-hydrogen) atoms. The smallest absolute Gasteiger partial charge is 0.302 e. The fourth-order valence-electron chi connectivity index (χ4n) is 1.44. The van der Waals surface area contributed by atoms with Gasteiger partial charge in [0.15, 0.2) is 0 Å². The summed E-state index contributed by atoms with van der Waals surface area (Å²) in [5.41, 5.74) is 0.555. The maximum atomic E-state index is 12.7. The van der Waals surface area contributed by atoms with Gasteiger partial charge in [0.05, 0.1) is 11.5 Å². The van der Waals surface area contributed by atoms with Gasteiger partial charge in [-0.15, -0.1) is 0 Å². The number of carbonyl (C=O) groups excluding carboxylic acids is 1. The van der Waals surface area contributed by atoms with Crippen LogP contribution in [0.4, 0.5) is 4.39 Å². The van der Waals surface area contributed by atoms with Crippen LogP contribution in [-0.4, -0.2) is 17.5 Å². The van der Waals surface area contributed by atoms with E-state index < -0.39 is 16.7 Å². The zero-order valence-electron chi connectivity index (χ0n) is 10.5. The average Bonchev–Trinajstić information content (AvgIpc) is 2.35. The topological polar surface area (TPSA) is 69.4 Å². The van der Waals surface area contributed by atoms with Crippen molar-refractivity contribution in [3.05, 3.63) is 51.5 Å². The molecular weight excluding hydrogens is 253 g/mol. The predicted octanol–water partition coefficient (Wildman–Crippen LogP) is 2.79. The number of hydrogen-bond donors (Lipinski definition) is 0. The van der Waals surface area contributed by atoms with Crippen LogP contribution in [0, 0.1) is 15.9 Å². The molecule has 1 aromatic rings. The van der Waals surface area contributed by atoms with Gasteiger partial charge in [0.2, 0.25) is 5.70 Å². The van der Waals surface area contributed by atoms with Crippen LogP contribution in [0.1, 0.15) is 25.3 Å². The molecule has 0 unspecified atom stereocenters. The molecule has 0 atom stereocenters. The number of nitro groups is 1. The van der Waals surface area contributed by atoms with Gasteiger partial charge in [-0.3, -0.25) is 14.9 Å². The van der Waals surface area contributed by atoms with E-state index in [1.807, 2.05) is 0 Å². The molecule has 0 amide bonds. The highest BCUT2D eigenvalue weighted by molar-refractivity contribution is 5.65. The Morgan fingerprint density at radius 3 is 2.58 bits per heavy atom. The number of ether oxygens (including phenoxy) is 1. The van der Waals surface area contributed by atoms with Crippen LogP contribution >= 0.6 is 0 Å². The van der Waals surface area contributed by atoms with Gasteiger partial charge >= 0.3 is 5.97 Å². The van der Waals surface area contributed by atoms with Gasteiger partial charge in [-0.25, -0.2) is 4.39 Å². The van der Waals surface area contributed by atoms with E-state index in [1.165, 1.54) is 37.3 Å². The fourth-order valence-corrected chi connectivity index (χ4v) is 1.44. The first-order valence-electron chi connectivity index (χ1n) is 5.73. The summed E-state index contributed by atoms with van der Waals surface area (Å²) >= 11 is 0. The lowest BCUT2D eigenvalue weighted by Crippen LogP contribution is -2.04. The van der Waals surface area contributed by atoms with E-state index in [-0.39, 0.29) is 18.7 Å². The summed E-state index contributed by atoms with van der Waals surface area (Å²) in [6.45, 7) is 1.42. The maximum absolute atomic E-state index is 12.7. The third kappa shape index (κ3) is 5.76. The first kappa shape index (κ1) is 14.8. The maximum Gasteiger partial charge on any atom is 0.302 e. The number of carbonyl (C=O) groups is 1. The molecular formula is C13H14FNO4. The van der Waals surface area contributed by atoms with Crippen LogP contribution in [0.5, 0.6) is 0 Å². The molecule has 0 heterocycles. The van der Waals surface area contributed by atoms with Gasteiger partial charge in [0.25, 0.3) is 0 Å². The Morgan fingerprint density at radius 1 is 1.42 bits per heavy atom. The number of esters is 1. The Kier molecular flexibility index (Phi) is 5.66. The van der Waals surface area contributed by atoms with Crippen molar-refractivity contribution in [3.8, 4) is 0 Å². The summed E-state index contributed by atoms with van der Waals surface area (Å²) < 4.78 is 17.4. The zero-order chi connectivity index (χ0) is 14.3. The van der Waals surface area contributed by atoms with Gasteiger partial charge in [-0.1, -0.05) is 12.1 Å². The highest BCUT2D eigenvalue weighted by Gasteiger charge is 2.10. The van der Waals surface area contributed by atoms with Crippen LogP contribution in [0.25, 0.3) is 6.08 Å². The molecule has 0 aliphatic rings. The third-order valence-corrected chi connectivity index (χ3v) is 2.32. The van der Waals surface area contributed by atoms with Crippen molar-refractivity contribution in [1.29, 1.82) is 0 Å². The number of halogens is 1. The molecule has 0 radical (unpaired) electrons. The van der Waals surface area contributed by atoms with Crippen LogP contribution in [-0.2, 0) is 9.53 Å². The number of rotatable bonds is 6. The Bertz CT molecular complexity index is 482. The lowest BCUT2D eigenvalue weighted by atomic mass is 10.1. The van der Waals surface area contributed by atoms with Gasteiger partial charge < -0.3 is 4.74 Å². The van der Waals surface area contributed by atoms with E-state index in [0.717, 1.165) is 0 Å². The second-order valence-electron chi connectivity index (χ2n) is 3.89. The molecule has 0 saturated carbocycles. The molecule has 5 nitrogen and oxygen atoms in total. The van der Waals surface area contributed by atoms with E-state index in [2.05, 4.69) is 0 Å². The van der Waals surface area contributed by atoms with Crippen molar-refractivity contribution in [3.63, 3.8) is 0 Å². The van der Waals surface area contributed by atoms with Gasteiger partial charge in [-0.05, 0) is 24.1 Å². The zero-order valence-corrected chi connectivity index (χ0v) is 10.5. The summed E-state index contributed by atoms with van der Waals surface area (Å²) in [6.07, 6.45) is 1.93. The minimum atomic E-state index is -0.489. The molecule has 0 aromatic heterocycles. The SMILES string of the molecule is CC(=O)OCCC/C(=C/c1ccc(F)cc1)[N+](=O)[O-]. The van der Waals surface area contributed by atoms with Crippen molar-refractivity contribution in [1.82, 2.24) is 0 Å². The van der Waals surface area contributed by atoms with Gasteiger partial charge in [0, 0.05) is 19.4 Å². The van der Waals surface area contributed by atoms with Gasteiger partial charge in [0.1, 0.15) is 5.82 Å². The summed E-state index contributed by atoms with van der Waals surface area (Å²) in [6, 6.07) is 5.40. The number of nitrogens with zero attached hydrogens (tertiary/aromatic N) is 1. The van der Waals surface area contributed by atoms with Crippen molar-refractivity contribution in [2.45, 2.75) is 19.8 Å². The van der Waals surface area contributed by atoms with E-state index in [4.69, 9.17) is 4.74 Å². The average molecular weight is 267 g/mol. The third-order valence-electron chi connectivity index (χ3n) is 2.32. The van der Waals surface area contributed by atoms with Gasteiger partial charge in [-0.2, -0.15) is 0 Å². The van der Waals surface area contributed by atoms with Crippen molar-refractivity contribution < 1.29 is 18.8 Å². The lowest BCUT2D eigenvalue weighted by Gasteiger charge is -2.01. The molecule has 0 aliphatic carbocycles. The van der Waals surface area contributed by atoms with E-state index >= 15 is 0 Å². The molecule has 0 spiro atoms. The summed E-state index contributed by atoms with van der Waals surface area (Å²) in [5.74, 6) is -0.806. The van der Waals surface area contributed by atoms with Crippen molar-refractivity contribution in [2.75, 3.05) is 6.61 Å². The van der Waals surface area contributed by atoms with Crippen molar-refractivity contribution >= 4 is 12.0 Å². The molecule has 6 heteroatoms. The quantitative estimate of drug-likeness (QED) is 0.344. The molecule has 0 aliphatic heterocycles. The van der Waals surface area contributed by atoms with Crippen LogP contribution in [0.15, 0.2) is 30.0 Å². The largest absolute Gasteiger partial charge is 0.466 e. The first-order valence-corrected chi connectivity index (χ1v) is 5.73. The number of benzene rings is 1. The minimum absolute atomic E-state index is 0.00115. The molecule has 102 valence electrons. The van der Waals surface area contributed by atoms with E-state index in [0.29, 0.717) is 12.0 Å². The molecule has 0 bridgehead atoms. The van der Waals surface area contributed by atoms with E-state index in [1.54, 1.807) is 0 Å². The first-order chi connectivity index (χ1) is 8.99. The molecule has 1 aromatic carbocycles. The lowest BCUT2D eigenvalue weighted by molar-refractivity contribution is -0.426. The highest BCUT2D eigenvalue weighted by Crippen LogP contribution is 2.13. The van der Waals surface area contributed by atoms with E-state index in [9.17, 15) is 19.3 Å².